The third kappa shape index (κ3) is 4.84. The van der Waals surface area contributed by atoms with Gasteiger partial charge in [-0.3, -0.25) is 4.57 Å². The molecule has 3 heterocycles. The van der Waals surface area contributed by atoms with Crippen LogP contribution in [0.25, 0.3) is 88.9 Å². The van der Waals surface area contributed by atoms with Gasteiger partial charge in [0.2, 0.25) is 5.95 Å². The van der Waals surface area contributed by atoms with Gasteiger partial charge in [-0.15, -0.1) is 0 Å². The van der Waals surface area contributed by atoms with Crippen molar-refractivity contribution in [3.05, 3.63) is 181 Å². The molecular formula is C47H32N4. The summed E-state index contributed by atoms with van der Waals surface area (Å²) in [7, 11) is 0. The first-order valence-corrected chi connectivity index (χ1v) is 17.3. The quantitative estimate of drug-likeness (QED) is 0.185. The van der Waals surface area contributed by atoms with Gasteiger partial charge in [0.05, 0.1) is 33.5 Å². The van der Waals surface area contributed by atoms with Gasteiger partial charge >= 0.3 is 0 Å². The van der Waals surface area contributed by atoms with Crippen LogP contribution in [0.1, 0.15) is 5.56 Å². The third-order valence-electron chi connectivity index (χ3n) is 10.0. The molecular weight excluding hydrogens is 621 g/mol. The van der Waals surface area contributed by atoms with Gasteiger partial charge in [0.1, 0.15) is 0 Å². The maximum absolute atomic E-state index is 5.20. The van der Waals surface area contributed by atoms with E-state index in [9.17, 15) is 0 Å². The number of fused-ring (bicyclic) bond motifs is 6. The Morgan fingerprint density at radius 3 is 1.35 bits per heavy atom. The molecule has 3 aromatic heterocycles. The highest BCUT2D eigenvalue weighted by Crippen LogP contribution is 2.38. The summed E-state index contributed by atoms with van der Waals surface area (Å²) in [6.07, 6.45) is 0. The molecule has 0 fully saturated rings. The molecule has 0 spiro atoms. The second-order valence-electron chi connectivity index (χ2n) is 13.2. The van der Waals surface area contributed by atoms with Gasteiger partial charge in [-0.25, -0.2) is 9.97 Å². The van der Waals surface area contributed by atoms with Crippen LogP contribution in [0.4, 0.5) is 0 Å². The molecule has 10 aromatic rings. The summed E-state index contributed by atoms with van der Waals surface area (Å²) in [4.78, 5) is 10.4. The van der Waals surface area contributed by atoms with E-state index in [2.05, 4.69) is 180 Å². The normalized spacial score (nSPS) is 11.6. The molecule has 0 unspecified atom stereocenters. The average Bonchev–Trinajstić information content (AvgIpc) is 3.71. The van der Waals surface area contributed by atoms with E-state index in [1.165, 1.54) is 55.0 Å². The summed E-state index contributed by atoms with van der Waals surface area (Å²) in [5.74, 6) is 0.652. The second kappa shape index (κ2) is 11.7. The third-order valence-corrected chi connectivity index (χ3v) is 10.0. The van der Waals surface area contributed by atoms with Crippen LogP contribution in [0.15, 0.2) is 176 Å². The lowest BCUT2D eigenvalue weighted by molar-refractivity contribution is 0.995. The van der Waals surface area contributed by atoms with E-state index >= 15 is 0 Å². The fourth-order valence-corrected chi connectivity index (χ4v) is 7.54. The summed E-state index contributed by atoms with van der Waals surface area (Å²) >= 11 is 0. The Bertz CT molecular complexity index is 2840. The molecule has 0 aliphatic heterocycles. The summed E-state index contributed by atoms with van der Waals surface area (Å²) in [6, 6.07) is 62.5. The first kappa shape index (κ1) is 29.2. The maximum Gasteiger partial charge on any atom is 0.235 e. The topological polar surface area (TPSA) is 35.6 Å². The van der Waals surface area contributed by atoms with E-state index in [0.717, 1.165) is 33.5 Å². The number of nitrogens with zero attached hydrogens (tertiary/aromatic N) is 4. The first-order chi connectivity index (χ1) is 25.2. The van der Waals surface area contributed by atoms with Crippen molar-refractivity contribution in [2.45, 2.75) is 6.92 Å². The minimum atomic E-state index is 0.652. The number of para-hydroxylation sites is 2. The van der Waals surface area contributed by atoms with Crippen molar-refractivity contribution in [2.75, 3.05) is 0 Å². The smallest absolute Gasteiger partial charge is 0.235 e. The molecule has 0 atom stereocenters. The molecule has 0 N–H and O–H groups in total. The minimum absolute atomic E-state index is 0.652. The van der Waals surface area contributed by atoms with Gasteiger partial charge in [0.25, 0.3) is 0 Å². The molecule has 0 radical (unpaired) electrons. The number of hydrogen-bond donors (Lipinski definition) is 0. The Kier molecular flexibility index (Phi) is 6.68. The lowest BCUT2D eigenvalue weighted by atomic mass is 10.0. The van der Waals surface area contributed by atoms with Crippen LogP contribution in [-0.4, -0.2) is 19.1 Å². The molecule has 0 amide bonds. The van der Waals surface area contributed by atoms with E-state index in [1.807, 2.05) is 12.1 Å². The van der Waals surface area contributed by atoms with Gasteiger partial charge in [-0.2, -0.15) is 0 Å². The van der Waals surface area contributed by atoms with Crippen LogP contribution in [0.5, 0.6) is 0 Å². The Morgan fingerprint density at radius 2 is 0.804 bits per heavy atom. The number of aryl methyl sites for hydroxylation is 1. The number of aromatic nitrogens is 4. The van der Waals surface area contributed by atoms with Crippen LogP contribution in [-0.2, 0) is 0 Å². The van der Waals surface area contributed by atoms with Gasteiger partial charge < -0.3 is 4.57 Å². The van der Waals surface area contributed by atoms with Crippen molar-refractivity contribution < 1.29 is 0 Å². The standard InChI is InChI=1S/C47H32N4/c1-31-20-24-36(25-21-31)50-43-18-10-8-16-37(43)39-28-34(22-26-45(39)50)35-23-27-46-40(29-35)38-17-9-11-19-44(38)51(46)47-48-41(32-12-4-2-5-13-32)30-42(49-47)33-14-6-3-7-15-33/h2-30H,1H3. The van der Waals surface area contributed by atoms with Crippen LogP contribution in [0.2, 0.25) is 0 Å². The predicted molar refractivity (Wildman–Crippen MR) is 212 cm³/mol. The highest BCUT2D eigenvalue weighted by Gasteiger charge is 2.18. The second-order valence-corrected chi connectivity index (χ2v) is 13.2. The summed E-state index contributed by atoms with van der Waals surface area (Å²) in [6.45, 7) is 2.13. The molecule has 0 saturated carbocycles. The summed E-state index contributed by atoms with van der Waals surface area (Å²) < 4.78 is 4.59. The molecule has 4 nitrogen and oxygen atoms in total. The Hall–Kier alpha value is -6.78. The molecule has 51 heavy (non-hydrogen) atoms. The number of benzene rings is 7. The van der Waals surface area contributed by atoms with E-state index in [-0.39, 0.29) is 0 Å². The van der Waals surface area contributed by atoms with Gasteiger partial charge in [-0.05, 0) is 72.6 Å². The molecule has 7 aromatic carbocycles. The van der Waals surface area contributed by atoms with Crippen molar-refractivity contribution in [3.63, 3.8) is 0 Å². The Morgan fingerprint density at radius 1 is 0.353 bits per heavy atom. The minimum Gasteiger partial charge on any atom is -0.309 e. The average molecular weight is 653 g/mol. The SMILES string of the molecule is Cc1ccc(-n2c3ccccc3c3cc(-c4ccc5c(c4)c4ccccc4n5-c4nc(-c5ccccc5)cc(-c5ccccc5)n4)ccc32)cc1. The summed E-state index contributed by atoms with van der Waals surface area (Å²) in [5, 5.41) is 4.82. The van der Waals surface area contributed by atoms with E-state index in [4.69, 9.17) is 9.97 Å². The van der Waals surface area contributed by atoms with Gasteiger partial charge in [0.15, 0.2) is 0 Å². The lowest BCUT2D eigenvalue weighted by Gasteiger charge is -2.12. The molecule has 10 rings (SSSR count). The first-order valence-electron chi connectivity index (χ1n) is 17.3. The maximum atomic E-state index is 5.20. The van der Waals surface area contributed by atoms with Crippen molar-refractivity contribution in [2.24, 2.45) is 0 Å². The molecule has 0 bridgehead atoms. The largest absolute Gasteiger partial charge is 0.309 e. The van der Waals surface area contributed by atoms with Gasteiger partial charge in [0, 0.05) is 38.4 Å². The zero-order valence-electron chi connectivity index (χ0n) is 28.0. The Labute approximate surface area is 295 Å². The van der Waals surface area contributed by atoms with Crippen LogP contribution >= 0.6 is 0 Å². The zero-order chi connectivity index (χ0) is 33.9. The van der Waals surface area contributed by atoms with E-state index in [1.54, 1.807) is 0 Å². The van der Waals surface area contributed by atoms with Crippen LogP contribution in [0.3, 0.4) is 0 Å². The molecule has 0 aliphatic carbocycles. The number of rotatable bonds is 5. The van der Waals surface area contributed by atoms with E-state index in [0.29, 0.717) is 5.95 Å². The van der Waals surface area contributed by atoms with Crippen molar-refractivity contribution in [1.29, 1.82) is 0 Å². The monoisotopic (exact) mass is 652 g/mol. The fourth-order valence-electron chi connectivity index (χ4n) is 7.54. The Balaban J connectivity index is 1.16. The van der Waals surface area contributed by atoms with Gasteiger partial charge in [-0.1, -0.05) is 127 Å². The predicted octanol–water partition coefficient (Wildman–Crippen LogP) is 12.0. The van der Waals surface area contributed by atoms with Crippen molar-refractivity contribution in [3.8, 4) is 45.3 Å². The number of hydrogen-bond acceptors (Lipinski definition) is 2. The van der Waals surface area contributed by atoms with Crippen molar-refractivity contribution in [1.82, 2.24) is 19.1 Å². The fraction of sp³-hybridized carbons (Fsp3) is 0.0213. The molecule has 240 valence electrons. The molecule has 4 heteroatoms. The molecule has 0 aliphatic rings. The lowest BCUT2D eigenvalue weighted by Crippen LogP contribution is -2.03. The van der Waals surface area contributed by atoms with Crippen LogP contribution < -0.4 is 0 Å². The van der Waals surface area contributed by atoms with E-state index < -0.39 is 0 Å². The zero-order valence-corrected chi connectivity index (χ0v) is 28.0. The molecule has 0 saturated heterocycles. The highest BCUT2D eigenvalue weighted by molar-refractivity contribution is 6.12. The van der Waals surface area contributed by atoms with Crippen LogP contribution in [0, 0.1) is 6.92 Å². The van der Waals surface area contributed by atoms with Crippen molar-refractivity contribution >= 4 is 43.6 Å². The summed E-state index contributed by atoms with van der Waals surface area (Å²) in [5.41, 5.74) is 13.2. The highest BCUT2D eigenvalue weighted by atomic mass is 15.2.